The summed E-state index contributed by atoms with van der Waals surface area (Å²) in [7, 11) is -3.38. The molecule has 0 heterocycles. The van der Waals surface area contributed by atoms with Gasteiger partial charge < -0.3 is 10.5 Å². The lowest BCUT2D eigenvalue weighted by Crippen LogP contribution is -2.33. The Labute approximate surface area is 127 Å². The summed E-state index contributed by atoms with van der Waals surface area (Å²) in [5.74, 6) is 0.677. The fraction of sp³-hybridized carbons (Fsp3) is 0.600. The molecular formula is C15H24N2O3S. The van der Waals surface area contributed by atoms with Crippen LogP contribution in [0.1, 0.15) is 32.6 Å². The number of nitrogens with two attached hydrogens (primary N) is 1. The molecule has 5 nitrogen and oxygen atoms in total. The third-order valence-corrected chi connectivity index (χ3v) is 5.41. The van der Waals surface area contributed by atoms with Crippen LogP contribution in [0.4, 0.5) is 0 Å². The summed E-state index contributed by atoms with van der Waals surface area (Å²) in [6.07, 6.45) is 3.56. The Kier molecular flexibility index (Phi) is 5.61. The molecule has 1 aromatic carbocycles. The Bertz CT molecular complexity index is 539. The highest BCUT2D eigenvalue weighted by Crippen LogP contribution is 2.32. The molecule has 2 rings (SSSR count). The summed E-state index contributed by atoms with van der Waals surface area (Å²) < 4.78 is 32.4. The van der Waals surface area contributed by atoms with Crippen LogP contribution in [0.25, 0.3) is 0 Å². The molecule has 6 heteroatoms. The van der Waals surface area contributed by atoms with Crippen LogP contribution in [0.3, 0.4) is 0 Å². The van der Waals surface area contributed by atoms with Gasteiger partial charge in [0.1, 0.15) is 5.75 Å². The first kappa shape index (κ1) is 16.3. The van der Waals surface area contributed by atoms with Crippen molar-refractivity contribution in [2.75, 3.05) is 19.7 Å². The predicted molar refractivity (Wildman–Crippen MR) is 82.8 cm³/mol. The largest absolute Gasteiger partial charge is 0.494 e. The molecule has 1 aliphatic rings. The van der Waals surface area contributed by atoms with Gasteiger partial charge in [0, 0.05) is 12.6 Å². The monoisotopic (exact) mass is 312 g/mol. The van der Waals surface area contributed by atoms with Crippen LogP contribution in [0.5, 0.6) is 5.75 Å². The van der Waals surface area contributed by atoms with Gasteiger partial charge in [-0.05, 0) is 56.5 Å². The summed E-state index contributed by atoms with van der Waals surface area (Å²) in [5.41, 5.74) is 5.41. The van der Waals surface area contributed by atoms with E-state index >= 15 is 0 Å². The smallest absolute Gasteiger partial charge is 0.243 e. The molecule has 1 aromatic rings. The normalized spacial score (nSPS) is 15.4. The average Bonchev–Trinajstić information content (AvgIpc) is 3.30. The van der Waals surface area contributed by atoms with Crippen LogP contribution in [-0.4, -0.2) is 38.5 Å². The zero-order chi connectivity index (χ0) is 15.3. The van der Waals surface area contributed by atoms with Crippen molar-refractivity contribution < 1.29 is 13.2 Å². The summed E-state index contributed by atoms with van der Waals surface area (Å²) in [5, 5.41) is 0. The first-order valence-corrected chi connectivity index (χ1v) is 8.98. The Balaban J connectivity index is 2.08. The maximum Gasteiger partial charge on any atom is 0.243 e. The van der Waals surface area contributed by atoms with Crippen molar-refractivity contribution >= 4 is 10.0 Å². The number of nitrogens with zero attached hydrogens (tertiary/aromatic N) is 1. The Morgan fingerprint density at radius 1 is 1.29 bits per heavy atom. The molecule has 2 N–H and O–H groups in total. The summed E-state index contributed by atoms with van der Waals surface area (Å²) >= 11 is 0. The zero-order valence-electron chi connectivity index (χ0n) is 12.5. The lowest BCUT2D eigenvalue weighted by molar-refractivity contribution is 0.313. The minimum Gasteiger partial charge on any atom is -0.494 e. The quantitative estimate of drug-likeness (QED) is 0.708. The van der Waals surface area contributed by atoms with Crippen LogP contribution in [0.2, 0.25) is 0 Å². The number of ether oxygens (including phenoxy) is 1. The average molecular weight is 312 g/mol. The van der Waals surface area contributed by atoms with E-state index in [1.165, 1.54) is 0 Å². The van der Waals surface area contributed by atoms with Crippen molar-refractivity contribution in [3.05, 3.63) is 24.3 Å². The minimum absolute atomic E-state index is 0.190. The number of hydrogen-bond donors (Lipinski definition) is 1. The lowest BCUT2D eigenvalue weighted by atomic mass is 10.3. The van der Waals surface area contributed by atoms with Gasteiger partial charge >= 0.3 is 0 Å². The van der Waals surface area contributed by atoms with E-state index in [2.05, 4.69) is 0 Å². The molecule has 0 spiro atoms. The summed E-state index contributed by atoms with van der Waals surface area (Å²) in [6, 6.07) is 6.85. The molecule has 1 fully saturated rings. The highest BCUT2D eigenvalue weighted by Gasteiger charge is 2.37. The van der Waals surface area contributed by atoms with Crippen LogP contribution in [0, 0.1) is 0 Å². The van der Waals surface area contributed by atoms with Crippen molar-refractivity contribution in [3.8, 4) is 5.75 Å². The molecule has 0 saturated heterocycles. The summed E-state index contributed by atoms with van der Waals surface area (Å²) in [6.45, 7) is 3.72. The highest BCUT2D eigenvalue weighted by molar-refractivity contribution is 7.89. The van der Waals surface area contributed by atoms with Gasteiger partial charge in [0.15, 0.2) is 0 Å². The molecule has 0 aliphatic heterocycles. The van der Waals surface area contributed by atoms with E-state index in [9.17, 15) is 8.42 Å². The van der Waals surface area contributed by atoms with Crippen molar-refractivity contribution in [1.29, 1.82) is 0 Å². The van der Waals surface area contributed by atoms with Gasteiger partial charge in [-0.15, -0.1) is 0 Å². The van der Waals surface area contributed by atoms with E-state index < -0.39 is 10.0 Å². The Morgan fingerprint density at radius 2 is 1.95 bits per heavy atom. The third kappa shape index (κ3) is 4.18. The summed E-state index contributed by atoms with van der Waals surface area (Å²) in [4.78, 5) is 0.342. The molecule has 0 atom stereocenters. The van der Waals surface area contributed by atoms with Crippen LogP contribution in [0.15, 0.2) is 29.2 Å². The molecule has 0 radical (unpaired) electrons. The topological polar surface area (TPSA) is 72.6 Å². The van der Waals surface area contributed by atoms with E-state index in [-0.39, 0.29) is 6.04 Å². The van der Waals surface area contributed by atoms with Gasteiger partial charge in [0.2, 0.25) is 10.0 Å². The van der Waals surface area contributed by atoms with Crippen LogP contribution >= 0.6 is 0 Å². The third-order valence-electron chi connectivity index (χ3n) is 3.45. The van der Waals surface area contributed by atoms with Gasteiger partial charge in [-0.2, -0.15) is 4.31 Å². The molecule has 0 bridgehead atoms. The van der Waals surface area contributed by atoms with E-state index in [4.69, 9.17) is 10.5 Å². The predicted octanol–water partition coefficient (Wildman–Crippen LogP) is 1.98. The fourth-order valence-corrected chi connectivity index (χ4v) is 3.98. The maximum absolute atomic E-state index is 12.6. The van der Waals surface area contributed by atoms with E-state index in [1.807, 2.05) is 6.92 Å². The van der Waals surface area contributed by atoms with Gasteiger partial charge in [-0.3, -0.25) is 0 Å². The van der Waals surface area contributed by atoms with Crippen LogP contribution in [-0.2, 0) is 10.0 Å². The Morgan fingerprint density at radius 3 is 2.48 bits per heavy atom. The second-order valence-corrected chi connectivity index (χ2v) is 7.20. The first-order valence-electron chi connectivity index (χ1n) is 7.54. The molecule has 1 saturated carbocycles. The van der Waals surface area contributed by atoms with Crippen LogP contribution < -0.4 is 10.5 Å². The lowest BCUT2D eigenvalue weighted by Gasteiger charge is -2.21. The van der Waals surface area contributed by atoms with Crippen molar-refractivity contribution in [1.82, 2.24) is 4.31 Å². The molecule has 0 unspecified atom stereocenters. The molecule has 1 aliphatic carbocycles. The Hall–Kier alpha value is -1.11. The second-order valence-electron chi connectivity index (χ2n) is 5.31. The van der Waals surface area contributed by atoms with Crippen molar-refractivity contribution in [2.24, 2.45) is 5.73 Å². The van der Waals surface area contributed by atoms with Crippen molar-refractivity contribution in [3.63, 3.8) is 0 Å². The molecular weight excluding hydrogens is 288 g/mol. The standard InChI is InChI=1S/C15H24N2O3S/c1-2-11-17(13-4-5-13)21(18,19)15-8-6-14(7-9-15)20-12-3-10-16/h6-9,13H,2-5,10-12,16H2,1H3. The first-order chi connectivity index (χ1) is 10.1. The highest BCUT2D eigenvalue weighted by atomic mass is 32.2. The fourth-order valence-electron chi connectivity index (χ4n) is 2.20. The molecule has 118 valence electrons. The SMILES string of the molecule is CCCN(C1CC1)S(=O)(=O)c1ccc(OCCCN)cc1. The molecule has 0 amide bonds. The number of benzene rings is 1. The maximum atomic E-state index is 12.6. The number of sulfonamides is 1. The molecule has 0 aromatic heterocycles. The number of hydrogen-bond acceptors (Lipinski definition) is 4. The van der Waals surface area contributed by atoms with Crippen molar-refractivity contribution in [2.45, 2.75) is 43.5 Å². The van der Waals surface area contributed by atoms with Gasteiger partial charge in [-0.25, -0.2) is 8.42 Å². The van der Waals surface area contributed by atoms with Gasteiger partial charge in [0.25, 0.3) is 0 Å². The number of rotatable bonds is 9. The van der Waals surface area contributed by atoms with E-state index in [1.54, 1.807) is 28.6 Å². The van der Waals surface area contributed by atoms with Gasteiger partial charge in [0.05, 0.1) is 11.5 Å². The van der Waals surface area contributed by atoms with E-state index in [0.29, 0.717) is 30.3 Å². The second kappa shape index (κ2) is 7.24. The zero-order valence-corrected chi connectivity index (χ0v) is 13.3. The van der Waals surface area contributed by atoms with Gasteiger partial charge in [-0.1, -0.05) is 6.92 Å². The molecule has 21 heavy (non-hydrogen) atoms. The minimum atomic E-state index is -3.38. The van der Waals surface area contributed by atoms with E-state index in [0.717, 1.165) is 25.7 Å².